The van der Waals surface area contributed by atoms with Crippen molar-refractivity contribution in [1.29, 1.82) is 0 Å². The average molecular weight is 353 g/mol. The van der Waals surface area contributed by atoms with Gasteiger partial charge >= 0.3 is 5.97 Å². The Morgan fingerprint density at radius 3 is 2.86 bits per heavy atom. The smallest absolute Gasteiger partial charge is 0.328 e. The number of nitrogens with zero attached hydrogens (tertiary/aromatic N) is 1. The van der Waals surface area contributed by atoms with Gasteiger partial charge in [-0.05, 0) is 22.0 Å². The molecule has 0 saturated carbocycles. The summed E-state index contributed by atoms with van der Waals surface area (Å²) >= 11 is 3.42. The van der Waals surface area contributed by atoms with Gasteiger partial charge in [-0.25, -0.2) is 4.79 Å². The third-order valence-corrected chi connectivity index (χ3v) is 4.35. The van der Waals surface area contributed by atoms with Crippen LogP contribution in [-0.2, 0) is 9.53 Å². The minimum Gasteiger partial charge on any atom is -0.480 e. The molecule has 1 atom stereocenters. The lowest BCUT2D eigenvalue weighted by Crippen LogP contribution is -2.52. The van der Waals surface area contributed by atoms with Crippen molar-refractivity contribution in [3.05, 3.63) is 34.4 Å². The molecule has 1 aromatic heterocycles. The summed E-state index contributed by atoms with van der Waals surface area (Å²) in [6.45, 7) is 0.615. The molecule has 0 aliphatic carbocycles. The molecule has 21 heavy (non-hydrogen) atoms. The fraction of sp³-hybridized carbons (Fsp3) is 0.286. The molecule has 1 aromatic carbocycles. The number of benzene rings is 1. The number of nitrogens with one attached hydrogen (secondary N) is 1. The predicted molar refractivity (Wildman–Crippen MR) is 79.3 cm³/mol. The molecule has 6 nitrogen and oxygen atoms in total. The number of morpholine rings is 1. The number of hydrogen-bond acceptors (Lipinski definition) is 3. The number of aromatic amines is 1. The van der Waals surface area contributed by atoms with E-state index in [9.17, 15) is 14.7 Å². The summed E-state index contributed by atoms with van der Waals surface area (Å²) < 4.78 is 5.80. The molecule has 1 aliphatic heterocycles. The van der Waals surface area contributed by atoms with Gasteiger partial charge in [0, 0.05) is 17.4 Å². The van der Waals surface area contributed by atoms with Gasteiger partial charge in [0.25, 0.3) is 5.91 Å². The van der Waals surface area contributed by atoms with Crippen molar-refractivity contribution in [3.63, 3.8) is 0 Å². The van der Waals surface area contributed by atoms with Crippen LogP contribution in [0, 0.1) is 0 Å². The standard InChI is InChI=1S/C14H13BrN2O4/c15-11-8-3-1-2-4-9(8)16-12(11)13(18)17-5-6-21-7-10(17)14(19)20/h1-4,10,16H,5-7H2,(H,19,20)/t10-/m0/s1. The highest BCUT2D eigenvalue weighted by molar-refractivity contribution is 9.10. The lowest BCUT2D eigenvalue weighted by atomic mass is 10.2. The Balaban J connectivity index is 1.99. The van der Waals surface area contributed by atoms with Gasteiger partial charge in [-0.2, -0.15) is 0 Å². The van der Waals surface area contributed by atoms with Gasteiger partial charge in [-0.3, -0.25) is 4.79 Å². The first-order valence-electron chi connectivity index (χ1n) is 6.47. The second kappa shape index (κ2) is 5.50. The number of H-pyrrole nitrogens is 1. The normalized spacial score (nSPS) is 18.9. The van der Waals surface area contributed by atoms with Gasteiger partial charge in [0.2, 0.25) is 0 Å². The van der Waals surface area contributed by atoms with Gasteiger partial charge in [0.1, 0.15) is 5.69 Å². The maximum atomic E-state index is 12.7. The van der Waals surface area contributed by atoms with Crippen LogP contribution < -0.4 is 0 Å². The van der Waals surface area contributed by atoms with Crippen molar-refractivity contribution in [3.8, 4) is 0 Å². The first-order chi connectivity index (χ1) is 10.1. The van der Waals surface area contributed by atoms with Crippen molar-refractivity contribution >= 4 is 38.7 Å². The number of ether oxygens (including phenoxy) is 1. The van der Waals surface area contributed by atoms with E-state index in [1.165, 1.54) is 4.90 Å². The molecular formula is C14H13BrN2O4. The molecule has 2 N–H and O–H groups in total. The number of carboxylic acids is 1. The predicted octanol–water partition coefficient (Wildman–Crippen LogP) is 1.86. The molecule has 0 radical (unpaired) electrons. The second-order valence-electron chi connectivity index (χ2n) is 4.79. The van der Waals surface area contributed by atoms with Crippen LogP contribution in [0.5, 0.6) is 0 Å². The molecule has 1 saturated heterocycles. The van der Waals surface area contributed by atoms with Crippen LogP contribution in [0.2, 0.25) is 0 Å². The summed E-state index contributed by atoms with van der Waals surface area (Å²) in [6.07, 6.45) is 0. The number of rotatable bonds is 2. The minimum atomic E-state index is -1.06. The van der Waals surface area contributed by atoms with Crippen molar-refractivity contribution in [2.45, 2.75) is 6.04 Å². The Labute approximate surface area is 128 Å². The number of halogens is 1. The number of hydrogen-bond donors (Lipinski definition) is 2. The van der Waals surface area contributed by atoms with Crippen LogP contribution in [0.25, 0.3) is 10.9 Å². The summed E-state index contributed by atoms with van der Waals surface area (Å²) in [6, 6.07) is 6.55. The summed E-state index contributed by atoms with van der Waals surface area (Å²) in [5, 5.41) is 10.1. The van der Waals surface area contributed by atoms with Crippen LogP contribution in [0.15, 0.2) is 28.7 Å². The van der Waals surface area contributed by atoms with E-state index in [-0.39, 0.29) is 19.1 Å². The molecule has 7 heteroatoms. The molecule has 3 rings (SSSR count). The number of fused-ring (bicyclic) bond motifs is 1. The van der Waals surface area contributed by atoms with Crippen LogP contribution in [0.4, 0.5) is 0 Å². The largest absolute Gasteiger partial charge is 0.480 e. The molecule has 1 amide bonds. The first kappa shape index (κ1) is 14.1. The molecule has 2 heterocycles. The Morgan fingerprint density at radius 2 is 2.14 bits per heavy atom. The number of carbonyl (C=O) groups excluding carboxylic acids is 1. The molecule has 0 spiro atoms. The van der Waals surface area contributed by atoms with Crippen molar-refractivity contribution in [2.24, 2.45) is 0 Å². The number of aromatic nitrogens is 1. The number of para-hydroxylation sites is 1. The Hall–Kier alpha value is -1.86. The maximum absolute atomic E-state index is 12.7. The summed E-state index contributed by atoms with van der Waals surface area (Å²) in [7, 11) is 0. The van der Waals surface area contributed by atoms with Crippen LogP contribution in [0.1, 0.15) is 10.5 Å². The number of amides is 1. The second-order valence-corrected chi connectivity index (χ2v) is 5.58. The highest BCUT2D eigenvalue weighted by Gasteiger charge is 2.34. The fourth-order valence-electron chi connectivity index (χ4n) is 2.45. The molecule has 110 valence electrons. The van der Waals surface area contributed by atoms with E-state index in [0.717, 1.165) is 10.9 Å². The zero-order valence-corrected chi connectivity index (χ0v) is 12.6. The van der Waals surface area contributed by atoms with E-state index in [4.69, 9.17) is 4.74 Å². The molecule has 0 unspecified atom stereocenters. The quantitative estimate of drug-likeness (QED) is 0.863. The minimum absolute atomic E-state index is 0.0128. The summed E-state index contributed by atoms with van der Waals surface area (Å²) in [5.74, 6) is -1.40. The third kappa shape index (κ3) is 2.43. The van der Waals surface area contributed by atoms with Gasteiger partial charge in [0.05, 0.1) is 17.7 Å². The van der Waals surface area contributed by atoms with E-state index in [1.54, 1.807) is 0 Å². The number of carboxylic acid groups (broad SMARTS) is 1. The van der Waals surface area contributed by atoms with Crippen molar-refractivity contribution in [1.82, 2.24) is 9.88 Å². The summed E-state index contributed by atoms with van der Waals surface area (Å²) in [5.41, 5.74) is 1.19. The van der Waals surface area contributed by atoms with Gasteiger partial charge in [0.15, 0.2) is 6.04 Å². The van der Waals surface area contributed by atoms with E-state index in [1.807, 2.05) is 24.3 Å². The molecule has 2 aromatic rings. The third-order valence-electron chi connectivity index (χ3n) is 3.53. The van der Waals surface area contributed by atoms with Crippen molar-refractivity contribution < 1.29 is 19.4 Å². The average Bonchev–Trinajstić information content (AvgIpc) is 2.84. The monoisotopic (exact) mass is 352 g/mol. The zero-order chi connectivity index (χ0) is 15.0. The topological polar surface area (TPSA) is 82.6 Å². The molecule has 0 bridgehead atoms. The SMILES string of the molecule is O=C(O)[C@@H]1COCCN1C(=O)c1[nH]c2ccccc2c1Br. The lowest BCUT2D eigenvalue weighted by molar-refractivity contribution is -0.147. The van der Waals surface area contributed by atoms with Gasteiger partial charge in [-0.1, -0.05) is 18.2 Å². The van der Waals surface area contributed by atoms with Gasteiger partial charge in [-0.15, -0.1) is 0 Å². The van der Waals surface area contributed by atoms with Crippen LogP contribution in [-0.4, -0.2) is 52.7 Å². The number of carbonyl (C=O) groups is 2. The highest BCUT2D eigenvalue weighted by atomic mass is 79.9. The van der Waals surface area contributed by atoms with Crippen LogP contribution >= 0.6 is 15.9 Å². The molecular weight excluding hydrogens is 340 g/mol. The first-order valence-corrected chi connectivity index (χ1v) is 7.26. The summed E-state index contributed by atoms with van der Waals surface area (Å²) in [4.78, 5) is 28.3. The molecule has 1 aliphatic rings. The van der Waals surface area contributed by atoms with E-state index < -0.39 is 12.0 Å². The Morgan fingerprint density at radius 1 is 1.38 bits per heavy atom. The van der Waals surface area contributed by atoms with Gasteiger partial charge < -0.3 is 19.7 Å². The maximum Gasteiger partial charge on any atom is 0.328 e. The Bertz CT molecular complexity index is 712. The molecule has 1 fully saturated rings. The van der Waals surface area contributed by atoms with Crippen molar-refractivity contribution in [2.75, 3.05) is 19.8 Å². The Kier molecular flexibility index (Phi) is 3.69. The van der Waals surface area contributed by atoms with E-state index in [2.05, 4.69) is 20.9 Å². The fourth-order valence-corrected chi connectivity index (χ4v) is 3.06. The van der Waals surface area contributed by atoms with E-state index >= 15 is 0 Å². The lowest BCUT2D eigenvalue weighted by Gasteiger charge is -2.32. The number of aliphatic carboxylic acids is 1. The van der Waals surface area contributed by atoms with Crippen LogP contribution in [0.3, 0.4) is 0 Å². The highest BCUT2D eigenvalue weighted by Crippen LogP contribution is 2.29. The zero-order valence-electron chi connectivity index (χ0n) is 11.0. The van der Waals surface area contributed by atoms with E-state index in [0.29, 0.717) is 16.8 Å².